The van der Waals surface area contributed by atoms with E-state index in [1.54, 1.807) is 0 Å². The number of aryl methyl sites for hydroxylation is 2. The van der Waals surface area contributed by atoms with Crippen LogP contribution in [-0.4, -0.2) is 25.0 Å². The zero-order valence-electron chi connectivity index (χ0n) is 15.7. The number of hydrogen-bond acceptors (Lipinski definition) is 3. The SMILES string of the molecule is CCOC(c1ccccc1)C(C)NCCC(=O)c1cc(C)ccc1C. The van der Waals surface area contributed by atoms with Crippen LogP contribution in [0.5, 0.6) is 0 Å². The molecule has 0 saturated heterocycles. The lowest BCUT2D eigenvalue weighted by molar-refractivity contribution is 0.0378. The van der Waals surface area contributed by atoms with Crippen LogP contribution in [0, 0.1) is 13.8 Å². The zero-order chi connectivity index (χ0) is 18.2. The third kappa shape index (κ3) is 5.52. The predicted octanol–water partition coefficient (Wildman–Crippen LogP) is 4.63. The third-order valence-electron chi connectivity index (χ3n) is 4.44. The molecule has 0 bridgehead atoms. The Bertz CT molecular complexity index is 682. The molecule has 2 aromatic carbocycles. The van der Waals surface area contributed by atoms with Gasteiger partial charge in [-0.2, -0.15) is 0 Å². The fourth-order valence-corrected chi connectivity index (χ4v) is 3.04. The molecule has 0 fully saturated rings. The molecule has 0 heterocycles. The summed E-state index contributed by atoms with van der Waals surface area (Å²) in [7, 11) is 0. The van der Waals surface area contributed by atoms with Crippen LogP contribution in [0.3, 0.4) is 0 Å². The minimum absolute atomic E-state index is 0.0120. The van der Waals surface area contributed by atoms with Crippen LogP contribution in [0.25, 0.3) is 0 Å². The van der Waals surface area contributed by atoms with Crippen molar-refractivity contribution in [3.05, 3.63) is 70.8 Å². The second-order valence-corrected chi connectivity index (χ2v) is 6.52. The molecule has 1 N–H and O–H groups in total. The van der Waals surface area contributed by atoms with Crippen molar-refractivity contribution in [1.82, 2.24) is 5.32 Å². The lowest BCUT2D eigenvalue weighted by atomic mass is 9.99. The number of nitrogens with one attached hydrogen (secondary N) is 1. The van der Waals surface area contributed by atoms with E-state index in [1.165, 1.54) is 0 Å². The molecular weight excluding hydrogens is 310 g/mol. The molecule has 0 spiro atoms. The van der Waals surface area contributed by atoms with Gasteiger partial charge in [0.25, 0.3) is 0 Å². The van der Waals surface area contributed by atoms with Crippen LogP contribution < -0.4 is 5.32 Å². The van der Waals surface area contributed by atoms with Gasteiger partial charge in [-0.05, 0) is 44.9 Å². The summed E-state index contributed by atoms with van der Waals surface area (Å²) in [6.07, 6.45) is 0.476. The molecule has 3 nitrogen and oxygen atoms in total. The molecule has 2 unspecified atom stereocenters. The van der Waals surface area contributed by atoms with Gasteiger partial charge in [0.1, 0.15) is 0 Å². The van der Waals surface area contributed by atoms with Crippen LogP contribution in [0.2, 0.25) is 0 Å². The standard InChI is InChI=1S/C22H29NO2/c1-5-25-22(19-9-7-6-8-10-19)18(4)23-14-13-21(24)20-15-16(2)11-12-17(20)3/h6-12,15,18,22-23H,5,13-14H2,1-4H3. The largest absolute Gasteiger partial charge is 0.372 e. The summed E-state index contributed by atoms with van der Waals surface area (Å²) in [5.41, 5.74) is 4.15. The number of benzene rings is 2. The number of carbonyl (C=O) groups excluding carboxylic acids is 1. The van der Waals surface area contributed by atoms with E-state index in [1.807, 2.05) is 57.2 Å². The summed E-state index contributed by atoms with van der Waals surface area (Å²) in [5, 5.41) is 3.45. The van der Waals surface area contributed by atoms with Crippen LogP contribution in [0.4, 0.5) is 0 Å². The molecule has 2 rings (SSSR count). The van der Waals surface area contributed by atoms with Gasteiger partial charge >= 0.3 is 0 Å². The highest BCUT2D eigenvalue weighted by atomic mass is 16.5. The number of hydrogen-bond donors (Lipinski definition) is 1. The molecule has 0 aliphatic heterocycles. The van der Waals surface area contributed by atoms with Crippen molar-refractivity contribution in [2.24, 2.45) is 0 Å². The lowest BCUT2D eigenvalue weighted by Crippen LogP contribution is -2.35. The number of Topliss-reactive ketones (excluding diaryl/α,β-unsaturated/α-hetero) is 1. The number of ether oxygens (including phenoxy) is 1. The average molecular weight is 339 g/mol. The quantitative estimate of drug-likeness (QED) is 0.677. The summed E-state index contributed by atoms with van der Waals surface area (Å²) >= 11 is 0. The Morgan fingerprint density at radius 2 is 1.84 bits per heavy atom. The van der Waals surface area contributed by atoms with Crippen molar-refractivity contribution in [1.29, 1.82) is 0 Å². The molecule has 0 radical (unpaired) electrons. The first-order valence-corrected chi connectivity index (χ1v) is 9.03. The van der Waals surface area contributed by atoms with Gasteiger partial charge in [-0.1, -0.05) is 48.0 Å². The van der Waals surface area contributed by atoms with Crippen LogP contribution in [-0.2, 0) is 4.74 Å². The summed E-state index contributed by atoms with van der Waals surface area (Å²) in [5.74, 6) is 0.188. The van der Waals surface area contributed by atoms with Gasteiger partial charge in [0, 0.05) is 31.2 Å². The van der Waals surface area contributed by atoms with Gasteiger partial charge in [-0.3, -0.25) is 4.79 Å². The molecule has 0 aromatic heterocycles. The average Bonchev–Trinajstić information content (AvgIpc) is 2.62. The minimum Gasteiger partial charge on any atom is -0.372 e. The van der Waals surface area contributed by atoms with E-state index in [-0.39, 0.29) is 17.9 Å². The smallest absolute Gasteiger partial charge is 0.164 e. The maximum Gasteiger partial charge on any atom is 0.164 e. The van der Waals surface area contributed by atoms with E-state index in [2.05, 4.69) is 24.4 Å². The van der Waals surface area contributed by atoms with Crippen LogP contribution in [0.1, 0.15) is 53.4 Å². The molecule has 25 heavy (non-hydrogen) atoms. The van der Waals surface area contributed by atoms with Gasteiger partial charge in [0.2, 0.25) is 0 Å². The Kier molecular flexibility index (Phi) is 7.35. The van der Waals surface area contributed by atoms with Crippen molar-refractivity contribution in [2.45, 2.75) is 46.3 Å². The van der Waals surface area contributed by atoms with Crippen molar-refractivity contribution in [3.8, 4) is 0 Å². The second kappa shape index (κ2) is 9.50. The number of rotatable bonds is 9. The third-order valence-corrected chi connectivity index (χ3v) is 4.44. The Labute approximate surface area is 151 Å². The van der Waals surface area contributed by atoms with Crippen LogP contribution in [0.15, 0.2) is 48.5 Å². The topological polar surface area (TPSA) is 38.3 Å². The summed E-state index contributed by atoms with van der Waals surface area (Å²) in [6.45, 7) is 9.42. The van der Waals surface area contributed by atoms with Gasteiger partial charge in [0.05, 0.1) is 6.10 Å². The van der Waals surface area contributed by atoms with E-state index in [4.69, 9.17) is 4.74 Å². The Balaban J connectivity index is 1.93. The van der Waals surface area contributed by atoms with E-state index in [0.717, 1.165) is 22.3 Å². The van der Waals surface area contributed by atoms with E-state index in [0.29, 0.717) is 19.6 Å². The van der Waals surface area contributed by atoms with E-state index >= 15 is 0 Å². The highest BCUT2D eigenvalue weighted by Crippen LogP contribution is 2.21. The number of carbonyl (C=O) groups is 1. The maximum atomic E-state index is 12.5. The fraction of sp³-hybridized carbons (Fsp3) is 0.409. The summed E-state index contributed by atoms with van der Waals surface area (Å²) in [6, 6.07) is 16.4. The first kappa shape index (κ1) is 19.4. The summed E-state index contributed by atoms with van der Waals surface area (Å²) in [4.78, 5) is 12.5. The van der Waals surface area contributed by atoms with Crippen molar-refractivity contribution < 1.29 is 9.53 Å². The van der Waals surface area contributed by atoms with Gasteiger partial charge in [-0.15, -0.1) is 0 Å². The first-order valence-electron chi connectivity index (χ1n) is 9.03. The molecule has 0 saturated carbocycles. The molecule has 3 heteroatoms. The molecule has 0 aliphatic carbocycles. The number of ketones is 1. The van der Waals surface area contributed by atoms with E-state index in [9.17, 15) is 4.79 Å². The minimum atomic E-state index is -0.0120. The normalized spacial score (nSPS) is 13.4. The van der Waals surface area contributed by atoms with Crippen LogP contribution >= 0.6 is 0 Å². The van der Waals surface area contributed by atoms with Crippen molar-refractivity contribution >= 4 is 5.78 Å². The highest BCUT2D eigenvalue weighted by Gasteiger charge is 2.19. The molecule has 2 atom stereocenters. The monoisotopic (exact) mass is 339 g/mol. The van der Waals surface area contributed by atoms with Gasteiger partial charge in [-0.25, -0.2) is 0 Å². The Morgan fingerprint density at radius 1 is 1.12 bits per heavy atom. The fourth-order valence-electron chi connectivity index (χ4n) is 3.04. The summed E-state index contributed by atoms with van der Waals surface area (Å²) < 4.78 is 5.92. The zero-order valence-corrected chi connectivity index (χ0v) is 15.7. The van der Waals surface area contributed by atoms with E-state index < -0.39 is 0 Å². The van der Waals surface area contributed by atoms with Gasteiger partial charge in [0.15, 0.2) is 5.78 Å². The molecule has 0 amide bonds. The highest BCUT2D eigenvalue weighted by molar-refractivity contribution is 5.97. The maximum absolute atomic E-state index is 12.5. The van der Waals surface area contributed by atoms with Crippen molar-refractivity contribution in [2.75, 3.05) is 13.2 Å². The molecule has 134 valence electrons. The molecule has 2 aromatic rings. The first-order chi connectivity index (χ1) is 12.0. The predicted molar refractivity (Wildman–Crippen MR) is 103 cm³/mol. The second-order valence-electron chi connectivity index (χ2n) is 6.52. The lowest BCUT2D eigenvalue weighted by Gasteiger charge is -2.25. The molecular formula is C22H29NO2. The Morgan fingerprint density at radius 3 is 2.52 bits per heavy atom. The Hall–Kier alpha value is -1.97. The van der Waals surface area contributed by atoms with Gasteiger partial charge < -0.3 is 10.1 Å². The van der Waals surface area contributed by atoms with Crippen molar-refractivity contribution in [3.63, 3.8) is 0 Å². The molecule has 0 aliphatic rings.